The van der Waals surface area contributed by atoms with E-state index in [0.717, 1.165) is 16.6 Å². The summed E-state index contributed by atoms with van der Waals surface area (Å²) in [7, 11) is 0. The zero-order valence-electron chi connectivity index (χ0n) is 13.7. The highest BCUT2D eigenvalue weighted by atomic mass is 15.1. The fourth-order valence-electron chi connectivity index (χ4n) is 2.44. The van der Waals surface area contributed by atoms with Crippen molar-refractivity contribution in [3.8, 4) is 17.7 Å². The average Bonchev–Trinajstić information content (AvgIpc) is 3.10. The zero-order valence-corrected chi connectivity index (χ0v) is 13.7. The van der Waals surface area contributed by atoms with Crippen LogP contribution < -0.4 is 5.73 Å². The van der Waals surface area contributed by atoms with Gasteiger partial charge in [0, 0.05) is 18.0 Å². The molecule has 1 aromatic carbocycles. The highest BCUT2D eigenvalue weighted by Crippen LogP contribution is 2.18. The van der Waals surface area contributed by atoms with Crippen LogP contribution in [-0.2, 0) is 0 Å². The van der Waals surface area contributed by atoms with Crippen molar-refractivity contribution >= 4 is 23.1 Å². The van der Waals surface area contributed by atoms with Crippen LogP contribution in [0.5, 0.6) is 0 Å². The van der Waals surface area contributed by atoms with Crippen molar-refractivity contribution in [2.24, 2.45) is 0 Å². The lowest BCUT2D eigenvalue weighted by Gasteiger charge is -2.03. The third-order valence-electron chi connectivity index (χ3n) is 3.65. The van der Waals surface area contributed by atoms with Crippen molar-refractivity contribution in [2.45, 2.75) is 0 Å². The van der Waals surface area contributed by atoms with Crippen molar-refractivity contribution in [3.05, 3.63) is 72.7 Å². The molecule has 7 heteroatoms. The number of aromatic nitrogens is 6. The average molecular weight is 339 g/mol. The number of hydrogen-bond donors (Lipinski definition) is 1. The molecule has 0 fully saturated rings. The molecule has 0 spiro atoms. The van der Waals surface area contributed by atoms with Crippen LogP contribution >= 0.6 is 0 Å². The van der Waals surface area contributed by atoms with E-state index in [1.165, 1.54) is 0 Å². The first-order valence-corrected chi connectivity index (χ1v) is 7.76. The number of benzene rings is 1. The lowest BCUT2D eigenvalue weighted by molar-refractivity contribution is 1.00. The molecule has 0 radical (unpaired) electrons. The maximum atomic E-state index is 5.68. The summed E-state index contributed by atoms with van der Waals surface area (Å²) in [6, 6.07) is 9.30. The Morgan fingerprint density at radius 1 is 1.00 bits per heavy atom. The van der Waals surface area contributed by atoms with E-state index in [0.29, 0.717) is 17.3 Å². The molecule has 0 atom stereocenters. The van der Waals surface area contributed by atoms with Gasteiger partial charge in [-0.15, -0.1) is 0 Å². The summed E-state index contributed by atoms with van der Waals surface area (Å²) in [6.07, 6.45) is 6.55. The lowest BCUT2D eigenvalue weighted by atomic mass is 10.2. The van der Waals surface area contributed by atoms with Crippen LogP contribution in [0.2, 0.25) is 0 Å². The number of imidazole rings is 1. The molecule has 26 heavy (non-hydrogen) atoms. The maximum absolute atomic E-state index is 5.68. The molecule has 2 N–H and O–H groups in total. The van der Waals surface area contributed by atoms with Gasteiger partial charge in [0.2, 0.25) is 5.95 Å². The quantitative estimate of drug-likeness (QED) is 0.563. The lowest BCUT2D eigenvalue weighted by Crippen LogP contribution is -2.01. The number of nitrogens with zero attached hydrogens (tertiary/aromatic N) is 6. The Kier molecular flexibility index (Phi) is 3.84. The fourth-order valence-corrected chi connectivity index (χ4v) is 2.44. The van der Waals surface area contributed by atoms with Gasteiger partial charge in [0.15, 0.2) is 5.82 Å². The molecule has 7 nitrogen and oxygen atoms in total. The van der Waals surface area contributed by atoms with Gasteiger partial charge in [-0.1, -0.05) is 12.5 Å². The number of anilines is 1. The molecular weight excluding hydrogens is 326 g/mol. The molecule has 3 heterocycles. The molecule has 4 aromatic rings. The van der Waals surface area contributed by atoms with E-state index in [2.05, 4.69) is 43.3 Å². The summed E-state index contributed by atoms with van der Waals surface area (Å²) in [5.41, 5.74) is 8.86. The summed E-state index contributed by atoms with van der Waals surface area (Å²) in [5.74, 6) is 7.56. The third kappa shape index (κ3) is 2.99. The van der Waals surface area contributed by atoms with E-state index in [1.54, 1.807) is 36.9 Å². The van der Waals surface area contributed by atoms with Gasteiger partial charge in [-0.25, -0.2) is 19.9 Å². The van der Waals surface area contributed by atoms with Crippen LogP contribution in [0.15, 0.2) is 55.6 Å². The minimum absolute atomic E-state index is 0.210. The van der Waals surface area contributed by atoms with E-state index < -0.39 is 0 Å². The van der Waals surface area contributed by atoms with Gasteiger partial charge in [-0.2, -0.15) is 4.98 Å². The second-order valence-electron chi connectivity index (χ2n) is 5.35. The summed E-state index contributed by atoms with van der Waals surface area (Å²) in [6.45, 7) is 3.66. The second-order valence-corrected chi connectivity index (χ2v) is 5.35. The van der Waals surface area contributed by atoms with Crippen LogP contribution in [0.25, 0.3) is 22.9 Å². The topological polar surface area (TPSA) is 95.4 Å². The van der Waals surface area contributed by atoms with Gasteiger partial charge >= 0.3 is 0 Å². The van der Waals surface area contributed by atoms with Crippen LogP contribution in [0.1, 0.15) is 17.1 Å². The van der Waals surface area contributed by atoms with Crippen LogP contribution in [0, 0.1) is 11.8 Å². The van der Waals surface area contributed by atoms with E-state index in [-0.39, 0.29) is 5.95 Å². The molecule has 124 valence electrons. The van der Waals surface area contributed by atoms with Crippen molar-refractivity contribution in [1.29, 1.82) is 0 Å². The van der Waals surface area contributed by atoms with Gasteiger partial charge in [0.05, 0.1) is 11.0 Å². The van der Waals surface area contributed by atoms with Crippen molar-refractivity contribution in [1.82, 2.24) is 29.5 Å². The molecule has 3 aromatic heterocycles. The first-order valence-electron chi connectivity index (χ1n) is 7.76. The number of rotatable bonds is 2. The minimum Gasteiger partial charge on any atom is -0.368 e. The van der Waals surface area contributed by atoms with Gasteiger partial charge in [0.25, 0.3) is 0 Å². The molecule has 0 aliphatic rings. The van der Waals surface area contributed by atoms with Gasteiger partial charge < -0.3 is 5.73 Å². The van der Waals surface area contributed by atoms with Gasteiger partial charge in [0.1, 0.15) is 17.8 Å². The fraction of sp³-hybridized carbons (Fsp3) is 0. The summed E-state index contributed by atoms with van der Waals surface area (Å²) in [4.78, 5) is 20.9. The molecule has 0 aliphatic carbocycles. The van der Waals surface area contributed by atoms with Crippen LogP contribution in [-0.4, -0.2) is 29.5 Å². The monoisotopic (exact) mass is 339 g/mol. The Bertz CT molecular complexity index is 1180. The molecule has 0 unspecified atom stereocenters. The maximum Gasteiger partial charge on any atom is 0.221 e. The van der Waals surface area contributed by atoms with Gasteiger partial charge in [-0.05, 0) is 42.3 Å². The number of nitrogen functional groups attached to an aromatic ring is 1. The molecule has 0 saturated carbocycles. The van der Waals surface area contributed by atoms with Gasteiger partial charge in [-0.3, -0.25) is 4.57 Å². The Labute approximate surface area is 149 Å². The highest BCUT2D eigenvalue weighted by Gasteiger charge is 2.07. The minimum atomic E-state index is 0.210. The highest BCUT2D eigenvalue weighted by molar-refractivity contribution is 5.78. The smallest absolute Gasteiger partial charge is 0.221 e. The molecule has 0 aliphatic heterocycles. The first-order chi connectivity index (χ1) is 12.7. The number of fused-ring (bicyclic) bond motifs is 1. The Balaban J connectivity index is 1.75. The van der Waals surface area contributed by atoms with Crippen molar-refractivity contribution in [2.75, 3.05) is 5.73 Å². The van der Waals surface area contributed by atoms with Crippen molar-refractivity contribution < 1.29 is 0 Å². The van der Waals surface area contributed by atoms with E-state index in [9.17, 15) is 0 Å². The molecule has 0 amide bonds. The van der Waals surface area contributed by atoms with E-state index in [4.69, 9.17) is 5.73 Å². The third-order valence-corrected chi connectivity index (χ3v) is 3.65. The summed E-state index contributed by atoms with van der Waals surface area (Å²) < 4.78 is 1.85. The van der Waals surface area contributed by atoms with E-state index >= 15 is 0 Å². The Hall–Kier alpha value is -4.05. The molecule has 4 rings (SSSR count). The molecule has 0 saturated heterocycles. The zero-order chi connectivity index (χ0) is 17.9. The second kappa shape index (κ2) is 6.45. The Morgan fingerprint density at radius 2 is 1.88 bits per heavy atom. The van der Waals surface area contributed by atoms with Crippen LogP contribution in [0.4, 0.5) is 5.95 Å². The standard InChI is InChI=1S/C19H13N7/c1-2-17-21-9-7-14(24-17)5-3-13-4-6-15-16(11-13)26(12-23-15)18-8-10-22-19(20)25-18/h2,4,6-12H,1H2,(H2,20,22,25). The predicted molar refractivity (Wildman–Crippen MR) is 99.2 cm³/mol. The normalized spacial score (nSPS) is 10.3. The molecule has 0 bridgehead atoms. The Morgan fingerprint density at radius 3 is 2.73 bits per heavy atom. The summed E-state index contributed by atoms with van der Waals surface area (Å²) >= 11 is 0. The largest absolute Gasteiger partial charge is 0.368 e. The SMILES string of the molecule is C=Cc1nccc(C#Cc2ccc3ncn(-c4ccnc(N)n4)c3c2)n1. The van der Waals surface area contributed by atoms with E-state index in [1.807, 2.05) is 22.8 Å². The number of nitrogens with two attached hydrogens (primary N) is 1. The van der Waals surface area contributed by atoms with Crippen molar-refractivity contribution in [3.63, 3.8) is 0 Å². The first kappa shape index (κ1) is 15.5. The predicted octanol–water partition coefficient (Wildman–Crippen LogP) is 2.23. The summed E-state index contributed by atoms with van der Waals surface area (Å²) in [5, 5.41) is 0. The molecular formula is C19H13N7. The van der Waals surface area contributed by atoms with Crippen LogP contribution in [0.3, 0.4) is 0 Å². The number of hydrogen-bond acceptors (Lipinski definition) is 6.